The summed E-state index contributed by atoms with van der Waals surface area (Å²) in [6.07, 6.45) is -0.0890. The molecule has 0 unspecified atom stereocenters. The molecule has 2 heterocycles. The molecular formula is C39H40BrClFN3O8. The number of ether oxygens (including phenoxy) is 2. The fourth-order valence-electron chi connectivity index (χ4n) is 7.04. The van der Waals surface area contributed by atoms with Crippen LogP contribution in [-0.4, -0.2) is 101 Å². The van der Waals surface area contributed by atoms with Crippen molar-refractivity contribution in [3.8, 4) is 5.75 Å². The number of amides is 2. The molecule has 280 valence electrons. The van der Waals surface area contributed by atoms with Crippen LogP contribution in [-0.2, 0) is 36.8 Å². The lowest BCUT2D eigenvalue weighted by Crippen LogP contribution is -2.64. The molecule has 3 aromatic carbocycles. The summed E-state index contributed by atoms with van der Waals surface area (Å²) in [4.78, 5) is 54.2. The number of rotatable bonds is 16. The first-order valence-corrected chi connectivity index (χ1v) is 18.7. The summed E-state index contributed by atoms with van der Waals surface area (Å²) in [6, 6.07) is 19.0. The zero-order chi connectivity index (χ0) is 37.6. The second-order valence-electron chi connectivity index (χ2n) is 13.5. The van der Waals surface area contributed by atoms with Gasteiger partial charge in [0.2, 0.25) is 6.10 Å². The maximum Gasteiger partial charge on any atom is 0.337 e. The molecule has 0 aromatic heterocycles. The Morgan fingerprint density at radius 2 is 1.83 bits per heavy atom. The van der Waals surface area contributed by atoms with Gasteiger partial charge < -0.3 is 34.8 Å². The normalized spacial score (nSPS) is 19.3. The van der Waals surface area contributed by atoms with Gasteiger partial charge in [-0.15, -0.1) is 0 Å². The number of piperazine rings is 1. The number of halogens is 3. The predicted octanol–water partition coefficient (Wildman–Crippen LogP) is 4.80. The molecular weight excluding hydrogens is 773 g/mol. The zero-order valence-electron chi connectivity index (χ0n) is 28.8. The second kappa shape index (κ2) is 17.2. The summed E-state index contributed by atoms with van der Waals surface area (Å²) in [6.45, 7) is 0.913. The Labute approximate surface area is 319 Å². The van der Waals surface area contributed by atoms with Gasteiger partial charge in [0.15, 0.2) is 6.10 Å². The van der Waals surface area contributed by atoms with Crippen LogP contribution in [0.2, 0.25) is 5.02 Å². The Morgan fingerprint density at radius 1 is 1.08 bits per heavy atom. The van der Waals surface area contributed by atoms with Gasteiger partial charge in [-0.2, -0.15) is 0 Å². The maximum absolute atomic E-state index is 14.7. The van der Waals surface area contributed by atoms with E-state index in [9.17, 15) is 33.8 Å². The summed E-state index contributed by atoms with van der Waals surface area (Å²) in [7, 11) is 0. The number of nitrogens with zero attached hydrogens (tertiary/aromatic N) is 2. The van der Waals surface area contributed by atoms with Crippen LogP contribution >= 0.6 is 27.5 Å². The molecule has 0 radical (unpaired) electrons. The summed E-state index contributed by atoms with van der Waals surface area (Å²) in [5, 5.41) is 23.7. The topological polar surface area (TPSA) is 146 Å². The molecule has 53 heavy (non-hydrogen) atoms. The van der Waals surface area contributed by atoms with E-state index in [0.29, 0.717) is 59.7 Å². The molecule has 2 fully saturated rings. The van der Waals surface area contributed by atoms with Crippen molar-refractivity contribution in [2.75, 3.05) is 26.2 Å². The molecule has 2 aliphatic heterocycles. The summed E-state index contributed by atoms with van der Waals surface area (Å²) in [5.74, 6) is -2.64. The Bertz CT molecular complexity index is 1870. The Morgan fingerprint density at radius 3 is 2.53 bits per heavy atom. The van der Waals surface area contributed by atoms with Crippen LogP contribution in [0.4, 0.5) is 4.39 Å². The van der Waals surface area contributed by atoms with Gasteiger partial charge in [0.1, 0.15) is 11.6 Å². The molecule has 1 saturated heterocycles. The van der Waals surface area contributed by atoms with Gasteiger partial charge in [-0.25, -0.2) is 9.18 Å². The van der Waals surface area contributed by atoms with E-state index in [0.717, 1.165) is 35.1 Å². The number of hydrogen-bond acceptors (Lipinski definition) is 8. The van der Waals surface area contributed by atoms with Crippen LogP contribution in [0, 0.1) is 5.82 Å². The molecule has 3 aromatic rings. The number of aliphatic hydroxyl groups is 1. The number of hydrogen-bond donors (Lipinski definition) is 3. The van der Waals surface area contributed by atoms with E-state index in [4.69, 9.17) is 21.1 Å². The number of carboxylic acid groups (broad SMARTS) is 1. The van der Waals surface area contributed by atoms with Crippen LogP contribution in [0.15, 0.2) is 76.8 Å². The summed E-state index contributed by atoms with van der Waals surface area (Å²) >= 11 is 9.84. The first kappa shape index (κ1) is 38.4. The van der Waals surface area contributed by atoms with E-state index in [1.807, 2.05) is 53.4 Å². The molecule has 2 amide bonds. The van der Waals surface area contributed by atoms with Crippen LogP contribution in [0.25, 0.3) is 5.57 Å². The number of nitrogens with one attached hydrogen (secondary N) is 1. The fourth-order valence-corrected chi connectivity index (χ4v) is 7.63. The average Bonchev–Trinajstić information content (AvgIpc) is 3.99. The fraction of sp³-hybridized carbons (Fsp3) is 0.385. The number of carbonyl (C=O) groups excluding carboxylic acids is 3. The lowest BCUT2D eigenvalue weighted by molar-refractivity contribution is -0.170. The van der Waals surface area contributed by atoms with Crippen molar-refractivity contribution in [2.45, 2.75) is 68.9 Å². The number of carbonyl (C=O) groups is 4. The van der Waals surface area contributed by atoms with Crippen molar-refractivity contribution in [1.29, 1.82) is 0 Å². The number of fused-ring (bicyclic) bond motifs is 2. The van der Waals surface area contributed by atoms with Gasteiger partial charge in [0.05, 0.1) is 17.1 Å². The van der Waals surface area contributed by atoms with Crippen molar-refractivity contribution >= 4 is 57.4 Å². The molecule has 11 nitrogen and oxygen atoms in total. The minimum atomic E-state index is -2.25. The molecule has 6 rings (SSSR count). The van der Waals surface area contributed by atoms with Crippen LogP contribution in [0.5, 0.6) is 5.75 Å². The van der Waals surface area contributed by atoms with E-state index in [1.165, 1.54) is 17.0 Å². The molecule has 14 heteroatoms. The van der Waals surface area contributed by atoms with Gasteiger partial charge in [-0.05, 0) is 94.9 Å². The van der Waals surface area contributed by atoms with Crippen molar-refractivity contribution in [1.82, 2.24) is 15.1 Å². The van der Waals surface area contributed by atoms with Crippen molar-refractivity contribution in [3.05, 3.63) is 104 Å². The zero-order valence-corrected chi connectivity index (χ0v) is 31.1. The quantitative estimate of drug-likeness (QED) is 0.137. The first-order valence-electron chi connectivity index (χ1n) is 17.5. The SMILES string of the molecule is O=CO[C@H](C(=O)N1C[C@H]2CC(c3ccc(CCCOc4cc(F)ccc4Br)cc3)=C(C(=O)N(CCc3ccccc3Cl)C3CC3)[C@@H](C1)N2)[C@H](O)C(=O)O. The smallest absolute Gasteiger partial charge is 0.337 e. The monoisotopic (exact) mass is 811 g/mol. The highest BCUT2D eigenvalue weighted by Crippen LogP contribution is 2.37. The highest BCUT2D eigenvalue weighted by Gasteiger charge is 2.45. The molecule has 4 atom stereocenters. The summed E-state index contributed by atoms with van der Waals surface area (Å²) in [5.41, 5.74) is 4.24. The number of carboxylic acids is 1. The molecule has 0 spiro atoms. The average molecular weight is 813 g/mol. The largest absolute Gasteiger partial charge is 0.492 e. The molecule has 3 N–H and O–H groups in total. The van der Waals surface area contributed by atoms with Crippen LogP contribution in [0.1, 0.15) is 42.4 Å². The van der Waals surface area contributed by atoms with Gasteiger partial charge in [-0.1, -0.05) is 54.1 Å². The minimum Gasteiger partial charge on any atom is -0.492 e. The van der Waals surface area contributed by atoms with Crippen molar-refractivity contribution in [2.24, 2.45) is 0 Å². The van der Waals surface area contributed by atoms with E-state index < -0.39 is 30.1 Å². The Kier molecular flexibility index (Phi) is 12.5. The Hall–Kier alpha value is -4.30. The van der Waals surface area contributed by atoms with Gasteiger partial charge in [0.25, 0.3) is 18.3 Å². The third-order valence-corrected chi connectivity index (χ3v) is 10.8. The van der Waals surface area contributed by atoms with Crippen molar-refractivity contribution < 1.29 is 43.3 Å². The predicted molar refractivity (Wildman–Crippen MR) is 198 cm³/mol. The number of aliphatic carboxylic acids is 1. The standard InChI is InChI=1S/C39H40BrClFN3O8/c40-30-14-11-26(42)18-33(30)52-17-3-4-23-7-9-24(10-8-23)29-19-27-20-44(38(49)36(53-22-46)35(47)39(50)51)21-32(43-27)34(29)37(48)45(28-12-13-28)16-15-25-5-1-2-6-31(25)41/h1-2,5-11,14,18,22,27-28,32,35-36,43,47H,3-4,12-13,15-17,19-21H2,(H,50,51)/t27-,32-,35+,36+/m1/s1. The molecule has 1 saturated carbocycles. The van der Waals surface area contributed by atoms with E-state index in [2.05, 4.69) is 21.2 Å². The van der Waals surface area contributed by atoms with E-state index in [-0.39, 0.29) is 43.4 Å². The molecule has 1 aliphatic carbocycles. The first-order chi connectivity index (χ1) is 25.5. The van der Waals surface area contributed by atoms with E-state index in [1.54, 1.807) is 6.07 Å². The van der Waals surface area contributed by atoms with Crippen LogP contribution in [0.3, 0.4) is 0 Å². The maximum atomic E-state index is 14.7. The summed E-state index contributed by atoms with van der Waals surface area (Å²) < 4.78 is 24.9. The number of aryl methyl sites for hydroxylation is 1. The molecule has 2 bridgehead atoms. The highest BCUT2D eigenvalue weighted by atomic mass is 79.9. The van der Waals surface area contributed by atoms with Gasteiger partial charge in [0, 0.05) is 48.4 Å². The van der Waals surface area contributed by atoms with Crippen LogP contribution < -0.4 is 10.1 Å². The highest BCUT2D eigenvalue weighted by molar-refractivity contribution is 9.10. The van der Waals surface area contributed by atoms with Gasteiger partial charge >= 0.3 is 5.97 Å². The lowest BCUT2D eigenvalue weighted by atomic mass is 9.82. The second-order valence-corrected chi connectivity index (χ2v) is 14.7. The van der Waals surface area contributed by atoms with Gasteiger partial charge in [-0.3, -0.25) is 14.4 Å². The Balaban J connectivity index is 1.25. The minimum absolute atomic E-state index is 0.00645. The third-order valence-electron chi connectivity index (χ3n) is 9.82. The third kappa shape index (κ3) is 9.26. The molecule has 3 aliphatic rings. The van der Waals surface area contributed by atoms with Crippen molar-refractivity contribution in [3.63, 3.8) is 0 Å². The number of aliphatic hydroxyl groups excluding tert-OH is 1. The van der Waals surface area contributed by atoms with E-state index >= 15 is 0 Å². The number of benzene rings is 3. The lowest BCUT2D eigenvalue weighted by Gasteiger charge is -2.45.